The van der Waals surface area contributed by atoms with Gasteiger partial charge in [0.2, 0.25) is 0 Å². The lowest BCUT2D eigenvalue weighted by Gasteiger charge is -2.10. The van der Waals surface area contributed by atoms with Crippen LogP contribution in [0.2, 0.25) is 0 Å². The first-order valence-electron chi connectivity index (χ1n) is 21.1. The van der Waals surface area contributed by atoms with Crippen molar-refractivity contribution in [3.63, 3.8) is 0 Å². The number of furan rings is 2. The number of aromatic nitrogens is 4. The zero-order chi connectivity index (χ0) is 41.4. The fourth-order valence-electron chi connectivity index (χ4n) is 9.26. The van der Waals surface area contributed by atoms with Crippen molar-refractivity contribution in [2.45, 2.75) is 0 Å². The van der Waals surface area contributed by atoms with Crippen LogP contribution in [0.3, 0.4) is 0 Å². The van der Waals surface area contributed by atoms with Crippen LogP contribution in [0.15, 0.2) is 215 Å². The van der Waals surface area contributed by atoms with Gasteiger partial charge in [-0.25, -0.2) is 15.0 Å². The molecule has 13 rings (SSSR count). The average molecular weight is 807 g/mol. The van der Waals surface area contributed by atoms with Crippen LogP contribution in [-0.2, 0) is 0 Å². The van der Waals surface area contributed by atoms with E-state index in [4.69, 9.17) is 23.8 Å². The van der Waals surface area contributed by atoms with Crippen LogP contribution in [0.4, 0.5) is 0 Å². The van der Waals surface area contributed by atoms with E-state index in [9.17, 15) is 0 Å². The zero-order valence-corrected chi connectivity index (χ0v) is 33.7. The number of para-hydroxylation sites is 2. The number of nitrogens with zero attached hydrogens (tertiary/aromatic N) is 4. The molecule has 0 fully saturated rings. The largest absolute Gasteiger partial charge is 0.456 e. The van der Waals surface area contributed by atoms with Crippen molar-refractivity contribution in [2.75, 3.05) is 0 Å². The van der Waals surface area contributed by atoms with E-state index in [-0.39, 0.29) is 0 Å². The maximum Gasteiger partial charge on any atom is 0.164 e. The molecule has 0 atom stereocenters. The van der Waals surface area contributed by atoms with Gasteiger partial charge >= 0.3 is 0 Å². The van der Waals surface area contributed by atoms with Crippen molar-refractivity contribution in [1.82, 2.24) is 19.5 Å². The van der Waals surface area contributed by atoms with Gasteiger partial charge in [-0.3, -0.25) is 0 Å². The molecule has 4 heterocycles. The first-order valence-corrected chi connectivity index (χ1v) is 21.1. The Morgan fingerprint density at radius 3 is 1.60 bits per heavy atom. The molecule has 4 aromatic heterocycles. The second-order valence-corrected chi connectivity index (χ2v) is 16.0. The van der Waals surface area contributed by atoms with Crippen molar-refractivity contribution in [2.24, 2.45) is 0 Å². The van der Waals surface area contributed by atoms with Crippen molar-refractivity contribution >= 4 is 65.7 Å². The number of fused-ring (bicyclic) bond motifs is 9. The van der Waals surface area contributed by atoms with Gasteiger partial charge in [-0.15, -0.1) is 0 Å². The topological polar surface area (TPSA) is 69.9 Å². The van der Waals surface area contributed by atoms with Crippen LogP contribution < -0.4 is 0 Å². The fraction of sp³-hybridized carbons (Fsp3) is 0. The van der Waals surface area contributed by atoms with E-state index in [0.717, 1.165) is 99.5 Å². The third-order valence-electron chi connectivity index (χ3n) is 12.3. The summed E-state index contributed by atoms with van der Waals surface area (Å²) in [6, 6.07) is 71.7. The Morgan fingerprint density at radius 1 is 0.302 bits per heavy atom. The smallest absolute Gasteiger partial charge is 0.164 e. The molecule has 13 aromatic rings. The summed E-state index contributed by atoms with van der Waals surface area (Å²) in [5, 5.41) is 6.58. The average Bonchev–Trinajstić information content (AvgIpc) is 4.03. The van der Waals surface area contributed by atoms with E-state index in [0.29, 0.717) is 17.5 Å². The van der Waals surface area contributed by atoms with Crippen LogP contribution in [0, 0.1) is 0 Å². The molecule has 0 saturated heterocycles. The van der Waals surface area contributed by atoms with Gasteiger partial charge in [0, 0.05) is 54.7 Å². The predicted molar refractivity (Wildman–Crippen MR) is 256 cm³/mol. The quantitative estimate of drug-likeness (QED) is 0.167. The minimum absolute atomic E-state index is 0.591. The summed E-state index contributed by atoms with van der Waals surface area (Å²) in [6.07, 6.45) is 0. The highest BCUT2D eigenvalue weighted by Gasteiger charge is 2.20. The van der Waals surface area contributed by atoms with E-state index in [2.05, 4.69) is 126 Å². The van der Waals surface area contributed by atoms with Crippen molar-refractivity contribution in [3.8, 4) is 62.1 Å². The SMILES string of the molecule is c1ccc(-c2nc(-c3ccccc3)nc(-c3cccc4oc5ccc(-c6ccc7c(c6)c6ccc(-c8ccc9c(c8)oc8ccccc89)cc6n7-c6ccccc6)cc5c34)n2)cc1. The molecule has 0 spiro atoms. The minimum atomic E-state index is 0.591. The first kappa shape index (κ1) is 35.2. The normalized spacial score (nSPS) is 11.8. The molecule has 0 amide bonds. The monoisotopic (exact) mass is 806 g/mol. The van der Waals surface area contributed by atoms with E-state index in [1.165, 1.54) is 10.8 Å². The number of benzene rings is 9. The number of hydrogen-bond acceptors (Lipinski definition) is 5. The molecule has 0 radical (unpaired) electrons. The minimum Gasteiger partial charge on any atom is -0.456 e. The van der Waals surface area contributed by atoms with Gasteiger partial charge in [-0.2, -0.15) is 0 Å². The van der Waals surface area contributed by atoms with E-state index in [1.54, 1.807) is 0 Å². The zero-order valence-electron chi connectivity index (χ0n) is 33.7. The molecular weight excluding hydrogens is 773 g/mol. The highest BCUT2D eigenvalue weighted by Crippen LogP contribution is 2.41. The lowest BCUT2D eigenvalue weighted by Crippen LogP contribution is -2.00. The molecular formula is C57H34N4O2. The summed E-state index contributed by atoms with van der Waals surface area (Å²) in [6.45, 7) is 0. The van der Waals surface area contributed by atoms with Gasteiger partial charge in [0.25, 0.3) is 0 Å². The summed E-state index contributed by atoms with van der Waals surface area (Å²) < 4.78 is 15.2. The molecule has 9 aromatic carbocycles. The third kappa shape index (κ3) is 5.76. The summed E-state index contributed by atoms with van der Waals surface area (Å²) >= 11 is 0. The van der Waals surface area contributed by atoms with E-state index < -0.39 is 0 Å². The van der Waals surface area contributed by atoms with Crippen molar-refractivity contribution < 1.29 is 8.83 Å². The second-order valence-electron chi connectivity index (χ2n) is 16.0. The number of rotatable bonds is 6. The van der Waals surface area contributed by atoms with Gasteiger partial charge in [0.15, 0.2) is 17.5 Å². The second kappa shape index (κ2) is 14.0. The summed E-state index contributed by atoms with van der Waals surface area (Å²) in [4.78, 5) is 15.1. The Morgan fingerprint density at radius 2 is 0.841 bits per heavy atom. The Bertz CT molecular complexity index is 3850. The van der Waals surface area contributed by atoms with E-state index in [1.807, 2.05) is 84.9 Å². The summed E-state index contributed by atoms with van der Waals surface area (Å²) in [5.41, 5.74) is 13.9. The highest BCUT2D eigenvalue weighted by molar-refractivity contribution is 6.14. The molecule has 63 heavy (non-hydrogen) atoms. The van der Waals surface area contributed by atoms with Crippen LogP contribution >= 0.6 is 0 Å². The molecule has 0 aliphatic carbocycles. The van der Waals surface area contributed by atoms with Crippen LogP contribution in [0.1, 0.15) is 0 Å². The molecule has 294 valence electrons. The fourth-order valence-corrected chi connectivity index (χ4v) is 9.26. The lowest BCUT2D eigenvalue weighted by molar-refractivity contribution is 0.668. The van der Waals surface area contributed by atoms with Gasteiger partial charge in [-0.05, 0) is 89.0 Å². The third-order valence-corrected chi connectivity index (χ3v) is 12.3. The molecule has 6 heteroatoms. The van der Waals surface area contributed by atoms with Gasteiger partial charge in [0.1, 0.15) is 22.3 Å². The van der Waals surface area contributed by atoms with Gasteiger partial charge in [0.05, 0.1) is 11.0 Å². The van der Waals surface area contributed by atoms with Gasteiger partial charge in [-0.1, -0.05) is 140 Å². The van der Waals surface area contributed by atoms with Gasteiger partial charge < -0.3 is 13.4 Å². The first-order chi connectivity index (χ1) is 31.2. The maximum atomic E-state index is 6.52. The molecule has 0 aliphatic heterocycles. The Balaban J connectivity index is 0.963. The molecule has 0 aliphatic rings. The molecule has 0 saturated carbocycles. The van der Waals surface area contributed by atoms with Crippen LogP contribution in [-0.4, -0.2) is 19.5 Å². The summed E-state index contributed by atoms with van der Waals surface area (Å²) in [7, 11) is 0. The Labute approximate surface area is 361 Å². The molecule has 0 bridgehead atoms. The highest BCUT2D eigenvalue weighted by atomic mass is 16.3. The molecule has 6 nitrogen and oxygen atoms in total. The van der Waals surface area contributed by atoms with E-state index >= 15 is 0 Å². The Kier molecular flexibility index (Phi) is 7.80. The van der Waals surface area contributed by atoms with Crippen LogP contribution in [0.25, 0.3) is 128 Å². The molecule has 0 N–H and O–H groups in total. The van der Waals surface area contributed by atoms with Crippen LogP contribution in [0.5, 0.6) is 0 Å². The predicted octanol–water partition coefficient (Wildman–Crippen LogP) is 15.1. The maximum absolute atomic E-state index is 6.52. The number of hydrogen-bond donors (Lipinski definition) is 0. The standard InChI is InChI=1S/C57H34N4O2/c1-4-13-35(14-5-1)55-58-56(36-15-6-2-7-16-36)60-57(59-55)45-20-12-22-52-54(45)47-32-38(26-30-51(47)62-52)37-25-29-48-46(31-37)42-27-23-39(33-49(42)61(48)41-17-8-3-9-18-41)40-24-28-44-43-19-10-11-21-50(43)63-53(44)34-40/h1-34H. The molecule has 0 unspecified atom stereocenters. The van der Waals surface area contributed by atoms with Crippen molar-refractivity contribution in [1.29, 1.82) is 0 Å². The van der Waals surface area contributed by atoms with Crippen molar-refractivity contribution in [3.05, 3.63) is 206 Å². The summed E-state index contributed by atoms with van der Waals surface area (Å²) in [5.74, 6) is 1.83. The Hall–Kier alpha value is -8.61. The lowest BCUT2D eigenvalue weighted by atomic mass is 9.98.